The number of nitrogens with one attached hydrogen (secondary N) is 1. The number of ether oxygens (including phenoxy) is 1. The monoisotopic (exact) mass is 341 g/mol. The average molecular weight is 341 g/mol. The number of benzene rings is 2. The van der Waals surface area contributed by atoms with Crippen molar-refractivity contribution in [3.05, 3.63) is 65.7 Å². The van der Waals surface area contributed by atoms with E-state index in [1.54, 1.807) is 38.3 Å². The lowest BCUT2D eigenvalue weighted by molar-refractivity contribution is -0.143. The summed E-state index contributed by atoms with van der Waals surface area (Å²) in [7, 11) is 1.60. The summed E-state index contributed by atoms with van der Waals surface area (Å²) in [6.45, 7) is 1.66. The summed E-state index contributed by atoms with van der Waals surface area (Å²) in [5.41, 5.74) is 0.501. The number of aryl methyl sites for hydroxylation is 1. The zero-order chi connectivity index (χ0) is 18.3. The number of hydrogen-bond acceptors (Lipinski definition) is 3. The van der Waals surface area contributed by atoms with Gasteiger partial charge in [0.1, 0.15) is 11.2 Å². The van der Waals surface area contributed by atoms with Gasteiger partial charge in [0.05, 0.1) is 7.11 Å². The SMILES string of the molecule is COc1cccc(CCC(=O)NCC(C)(C(=O)O)c2ccccc2)c1. The van der Waals surface area contributed by atoms with Gasteiger partial charge in [0.25, 0.3) is 0 Å². The first kappa shape index (κ1) is 18.5. The van der Waals surface area contributed by atoms with Gasteiger partial charge in [-0.25, -0.2) is 0 Å². The highest BCUT2D eigenvalue weighted by atomic mass is 16.5. The summed E-state index contributed by atoms with van der Waals surface area (Å²) in [6, 6.07) is 16.5. The summed E-state index contributed by atoms with van der Waals surface area (Å²) < 4.78 is 5.16. The van der Waals surface area contributed by atoms with Crippen LogP contribution in [0.5, 0.6) is 5.75 Å². The minimum absolute atomic E-state index is 0.0449. The number of carboxylic acids is 1. The van der Waals surface area contributed by atoms with Crippen LogP contribution in [0.3, 0.4) is 0 Å². The number of amides is 1. The summed E-state index contributed by atoms with van der Waals surface area (Å²) in [6.07, 6.45) is 0.857. The predicted octanol–water partition coefficient (Wildman–Crippen LogP) is 2.79. The van der Waals surface area contributed by atoms with Crippen LogP contribution in [0.1, 0.15) is 24.5 Å². The van der Waals surface area contributed by atoms with Crippen molar-refractivity contribution in [3.63, 3.8) is 0 Å². The summed E-state index contributed by atoms with van der Waals surface area (Å²) in [5.74, 6) is -0.390. The van der Waals surface area contributed by atoms with Crippen LogP contribution in [-0.4, -0.2) is 30.6 Å². The molecule has 0 aliphatic heterocycles. The van der Waals surface area contributed by atoms with Crippen LogP contribution in [-0.2, 0) is 21.4 Å². The standard InChI is InChI=1S/C20H23NO4/c1-20(19(23)24,16-8-4-3-5-9-16)14-21-18(22)12-11-15-7-6-10-17(13-15)25-2/h3-10,13H,11-12,14H2,1-2H3,(H,21,22)(H,23,24). The Morgan fingerprint density at radius 1 is 1.12 bits per heavy atom. The molecule has 0 bridgehead atoms. The van der Waals surface area contributed by atoms with Crippen molar-refractivity contribution in [2.24, 2.45) is 0 Å². The third-order valence-corrected chi connectivity index (χ3v) is 4.30. The first-order chi connectivity index (χ1) is 12.0. The Labute approximate surface area is 147 Å². The van der Waals surface area contributed by atoms with Crippen LogP contribution in [0, 0.1) is 0 Å². The van der Waals surface area contributed by atoms with Crippen molar-refractivity contribution >= 4 is 11.9 Å². The van der Waals surface area contributed by atoms with E-state index in [9.17, 15) is 14.7 Å². The van der Waals surface area contributed by atoms with E-state index in [1.165, 1.54) is 0 Å². The maximum absolute atomic E-state index is 12.1. The van der Waals surface area contributed by atoms with Crippen LogP contribution in [0.25, 0.3) is 0 Å². The molecule has 1 atom stereocenters. The van der Waals surface area contributed by atoms with Crippen molar-refractivity contribution in [3.8, 4) is 5.75 Å². The highest BCUT2D eigenvalue weighted by molar-refractivity contribution is 5.83. The van der Waals surface area contributed by atoms with Gasteiger partial charge in [-0.2, -0.15) is 0 Å². The third kappa shape index (κ3) is 4.83. The van der Waals surface area contributed by atoms with Gasteiger partial charge in [0.2, 0.25) is 5.91 Å². The molecule has 2 rings (SSSR count). The Kier molecular flexibility index (Phi) is 6.17. The van der Waals surface area contributed by atoms with Gasteiger partial charge in [0, 0.05) is 13.0 Å². The van der Waals surface area contributed by atoms with Crippen LogP contribution in [0.15, 0.2) is 54.6 Å². The highest BCUT2D eigenvalue weighted by Crippen LogP contribution is 2.23. The molecule has 2 aromatic rings. The fourth-order valence-corrected chi connectivity index (χ4v) is 2.56. The zero-order valence-corrected chi connectivity index (χ0v) is 14.5. The lowest BCUT2D eigenvalue weighted by Gasteiger charge is -2.25. The molecular weight excluding hydrogens is 318 g/mol. The van der Waals surface area contributed by atoms with Crippen LogP contribution in [0.2, 0.25) is 0 Å². The molecule has 132 valence electrons. The van der Waals surface area contributed by atoms with E-state index in [-0.39, 0.29) is 18.9 Å². The molecule has 0 radical (unpaired) electrons. The van der Waals surface area contributed by atoms with Gasteiger partial charge in [0.15, 0.2) is 0 Å². The molecule has 0 saturated heterocycles. The number of methoxy groups -OCH3 is 1. The van der Waals surface area contributed by atoms with Gasteiger partial charge in [-0.05, 0) is 36.6 Å². The van der Waals surface area contributed by atoms with Crippen LogP contribution in [0.4, 0.5) is 0 Å². The molecule has 0 fully saturated rings. The number of carbonyl (C=O) groups is 2. The number of hydrogen-bond donors (Lipinski definition) is 2. The second kappa shape index (κ2) is 8.33. The predicted molar refractivity (Wildman–Crippen MR) is 95.8 cm³/mol. The van der Waals surface area contributed by atoms with E-state index in [2.05, 4.69) is 5.32 Å². The molecule has 0 aliphatic carbocycles. The van der Waals surface area contributed by atoms with Crippen LogP contribution < -0.4 is 10.1 Å². The van der Waals surface area contributed by atoms with E-state index in [0.717, 1.165) is 11.3 Å². The molecule has 2 N–H and O–H groups in total. The van der Waals surface area contributed by atoms with E-state index < -0.39 is 11.4 Å². The molecule has 0 saturated carbocycles. The summed E-state index contributed by atoms with van der Waals surface area (Å²) in [4.78, 5) is 23.9. The maximum atomic E-state index is 12.1. The van der Waals surface area contributed by atoms with E-state index in [0.29, 0.717) is 12.0 Å². The maximum Gasteiger partial charge on any atom is 0.315 e. The molecule has 0 aromatic heterocycles. The van der Waals surface area contributed by atoms with E-state index in [1.807, 2.05) is 30.3 Å². The number of carboxylic acid groups (broad SMARTS) is 1. The molecule has 1 unspecified atom stereocenters. The van der Waals surface area contributed by atoms with E-state index >= 15 is 0 Å². The molecule has 0 aliphatic rings. The van der Waals surface area contributed by atoms with Crippen LogP contribution >= 0.6 is 0 Å². The lowest BCUT2D eigenvalue weighted by atomic mass is 9.82. The summed E-state index contributed by atoms with van der Waals surface area (Å²) >= 11 is 0. The third-order valence-electron chi connectivity index (χ3n) is 4.30. The van der Waals surface area contributed by atoms with E-state index in [4.69, 9.17) is 4.74 Å². The van der Waals surface area contributed by atoms with Gasteiger partial charge in [-0.3, -0.25) is 9.59 Å². The molecule has 5 nitrogen and oxygen atoms in total. The molecule has 0 spiro atoms. The molecule has 0 heterocycles. The highest BCUT2D eigenvalue weighted by Gasteiger charge is 2.35. The molecule has 1 amide bonds. The molecular formula is C20H23NO4. The van der Waals surface area contributed by atoms with Gasteiger partial charge in [-0.1, -0.05) is 42.5 Å². The second-order valence-electron chi connectivity index (χ2n) is 6.13. The topological polar surface area (TPSA) is 75.6 Å². The smallest absolute Gasteiger partial charge is 0.315 e. The number of aliphatic carboxylic acids is 1. The van der Waals surface area contributed by atoms with Crippen molar-refractivity contribution in [1.29, 1.82) is 0 Å². The van der Waals surface area contributed by atoms with Crippen molar-refractivity contribution in [2.75, 3.05) is 13.7 Å². The minimum Gasteiger partial charge on any atom is -0.497 e. The van der Waals surface area contributed by atoms with Crippen molar-refractivity contribution in [1.82, 2.24) is 5.32 Å². The van der Waals surface area contributed by atoms with Crippen molar-refractivity contribution in [2.45, 2.75) is 25.2 Å². The first-order valence-electron chi connectivity index (χ1n) is 8.14. The Bertz CT molecular complexity index is 729. The number of carbonyl (C=O) groups excluding carboxylic acids is 1. The fourth-order valence-electron chi connectivity index (χ4n) is 2.56. The largest absolute Gasteiger partial charge is 0.497 e. The molecule has 2 aromatic carbocycles. The fraction of sp³-hybridized carbons (Fsp3) is 0.300. The Balaban J connectivity index is 1.94. The minimum atomic E-state index is -1.16. The average Bonchev–Trinajstić information content (AvgIpc) is 2.65. The van der Waals surface area contributed by atoms with Crippen molar-refractivity contribution < 1.29 is 19.4 Å². The molecule has 25 heavy (non-hydrogen) atoms. The first-order valence-corrected chi connectivity index (χ1v) is 8.14. The Hall–Kier alpha value is -2.82. The quantitative estimate of drug-likeness (QED) is 0.774. The molecule has 5 heteroatoms. The Morgan fingerprint density at radius 3 is 2.48 bits per heavy atom. The summed E-state index contributed by atoms with van der Waals surface area (Å²) in [5, 5.41) is 12.4. The van der Waals surface area contributed by atoms with Gasteiger partial charge in [-0.15, -0.1) is 0 Å². The second-order valence-corrected chi connectivity index (χ2v) is 6.13. The zero-order valence-electron chi connectivity index (χ0n) is 14.5. The van der Waals surface area contributed by atoms with Gasteiger partial charge < -0.3 is 15.2 Å². The number of rotatable bonds is 8. The normalized spacial score (nSPS) is 12.9. The van der Waals surface area contributed by atoms with Gasteiger partial charge >= 0.3 is 5.97 Å². The Morgan fingerprint density at radius 2 is 1.84 bits per heavy atom. The lowest BCUT2D eigenvalue weighted by Crippen LogP contribution is -2.44.